The van der Waals surface area contributed by atoms with Crippen LogP contribution >= 0.6 is 11.6 Å². The highest BCUT2D eigenvalue weighted by molar-refractivity contribution is 6.30. The zero-order valence-electron chi connectivity index (χ0n) is 8.18. The third-order valence-corrected chi connectivity index (χ3v) is 2.33. The minimum Gasteiger partial charge on any atom is -0.383 e. The molecular weight excluding hydrogens is 205 g/mol. The van der Waals surface area contributed by atoms with Gasteiger partial charge in [0.05, 0.1) is 17.7 Å². The maximum Gasteiger partial charge on any atom is 0.142 e. The SMILES string of the molecule is CNC(COC)c1ccc(Cl)c(F)c1. The Bertz CT molecular complexity index is 306. The molecular formula is C10H13ClFNO. The average Bonchev–Trinajstić information content (AvgIpc) is 2.19. The highest BCUT2D eigenvalue weighted by Crippen LogP contribution is 2.20. The predicted octanol–water partition coefficient (Wildman–Crippen LogP) is 2.39. The molecule has 14 heavy (non-hydrogen) atoms. The highest BCUT2D eigenvalue weighted by atomic mass is 35.5. The highest BCUT2D eigenvalue weighted by Gasteiger charge is 2.10. The summed E-state index contributed by atoms with van der Waals surface area (Å²) in [5.74, 6) is -0.402. The molecule has 0 aliphatic rings. The first kappa shape index (κ1) is 11.4. The van der Waals surface area contributed by atoms with Gasteiger partial charge in [0.2, 0.25) is 0 Å². The first-order chi connectivity index (χ1) is 6.69. The van der Waals surface area contributed by atoms with Crippen molar-refractivity contribution in [2.45, 2.75) is 6.04 Å². The van der Waals surface area contributed by atoms with Gasteiger partial charge < -0.3 is 10.1 Å². The van der Waals surface area contributed by atoms with Crippen molar-refractivity contribution in [3.63, 3.8) is 0 Å². The monoisotopic (exact) mass is 217 g/mol. The van der Waals surface area contributed by atoms with Crippen LogP contribution < -0.4 is 5.32 Å². The number of hydrogen-bond donors (Lipinski definition) is 1. The first-order valence-electron chi connectivity index (χ1n) is 4.30. The molecule has 78 valence electrons. The van der Waals surface area contributed by atoms with Gasteiger partial charge in [-0.1, -0.05) is 17.7 Å². The molecule has 0 aliphatic carbocycles. The van der Waals surface area contributed by atoms with Crippen LogP contribution in [0.1, 0.15) is 11.6 Å². The molecule has 0 radical (unpaired) electrons. The Morgan fingerprint density at radius 2 is 2.29 bits per heavy atom. The van der Waals surface area contributed by atoms with Crippen LogP contribution in [0.2, 0.25) is 5.02 Å². The molecule has 0 heterocycles. The summed E-state index contributed by atoms with van der Waals surface area (Å²) in [7, 11) is 3.41. The normalized spacial score (nSPS) is 12.9. The Labute approximate surface area is 88.0 Å². The van der Waals surface area contributed by atoms with E-state index < -0.39 is 5.82 Å². The molecule has 1 N–H and O–H groups in total. The maximum absolute atomic E-state index is 13.1. The van der Waals surface area contributed by atoms with Crippen molar-refractivity contribution in [3.8, 4) is 0 Å². The van der Waals surface area contributed by atoms with Crippen molar-refractivity contribution < 1.29 is 9.13 Å². The van der Waals surface area contributed by atoms with Crippen LogP contribution in [0.25, 0.3) is 0 Å². The third kappa shape index (κ3) is 2.67. The van der Waals surface area contributed by atoms with Crippen LogP contribution in [0.15, 0.2) is 18.2 Å². The number of rotatable bonds is 4. The van der Waals surface area contributed by atoms with Gasteiger partial charge in [-0.3, -0.25) is 0 Å². The minimum atomic E-state index is -0.402. The van der Waals surface area contributed by atoms with Crippen molar-refractivity contribution in [2.24, 2.45) is 0 Å². The van der Waals surface area contributed by atoms with E-state index in [2.05, 4.69) is 5.32 Å². The molecule has 1 aromatic carbocycles. The Morgan fingerprint density at radius 3 is 2.79 bits per heavy atom. The van der Waals surface area contributed by atoms with Gasteiger partial charge >= 0.3 is 0 Å². The fourth-order valence-electron chi connectivity index (χ4n) is 1.24. The van der Waals surface area contributed by atoms with E-state index in [9.17, 15) is 4.39 Å². The summed E-state index contributed by atoms with van der Waals surface area (Å²) in [5, 5.41) is 3.17. The van der Waals surface area contributed by atoms with Crippen LogP contribution in [-0.4, -0.2) is 20.8 Å². The second-order valence-electron chi connectivity index (χ2n) is 2.97. The van der Waals surface area contributed by atoms with E-state index in [1.165, 1.54) is 6.07 Å². The van der Waals surface area contributed by atoms with Crippen molar-refractivity contribution in [2.75, 3.05) is 20.8 Å². The molecule has 0 aliphatic heterocycles. The molecule has 1 atom stereocenters. The maximum atomic E-state index is 13.1. The topological polar surface area (TPSA) is 21.3 Å². The zero-order chi connectivity index (χ0) is 10.6. The summed E-state index contributed by atoms with van der Waals surface area (Å²) >= 11 is 5.58. The van der Waals surface area contributed by atoms with Crippen LogP contribution in [0.4, 0.5) is 4.39 Å². The molecule has 0 saturated carbocycles. The number of halogens is 2. The molecule has 0 spiro atoms. The molecule has 0 fully saturated rings. The number of nitrogens with one attached hydrogen (secondary N) is 1. The summed E-state index contributed by atoms with van der Waals surface area (Å²) in [6.07, 6.45) is 0. The van der Waals surface area contributed by atoms with Gasteiger partial charge in [0.1, 0.15) is 5.82 Å². The van der Waals surface area contributed by atoms with Gasteiger partial charge in [0, 0.05) is 7.11 Å². The van der Waals surface area contributed by atoms with E-state index in [-0.39, 0.29) is 11.1 Å². The van der Waals surface area contributed by atoms with E-state index in [1.807, 2.05) is 0 Å². The van der Waals surface area contributed by atoms with Gasteiger partial charge in [0.25, 0.3) is 0 Å². The number of hydrogen-bond acceptors (Lipinski definition) is 2. The number of likely N-dealkylation sites (N-methyl/N-ethyl adjacent to an activating group) is 1. The molecule has 2 nitrogen and oxygen atoms in total. The van der Waals surface area contributed by atoms with Crippen molar-refractivity contribution >= 4 is 11.6 Å². The second-order valence-corrected chi connectivity index (χ2v) is 3.38. The van der Waals surface area contributed by atoms with Crippen LogP contribution in [0, 0.1) is 5.82 Å². The average molecular weight is 218 g/mol. The summed E-state index contributed by atoms with van der Waals surface area (Å²) in [6, 6.07) is 4.74. The molecule has 1 unspecified atom stereocenters. The fraction of sp³-hybridized carbons (Fsp3) is 0.400. The molecule has 1 aromatic rings. The van der Waals surface area contributed by atoms with E-state index >= 15 is 0 Å². The Hall–Kier alpha value is -0.640. The number of benzene rings is 1. The van der Waals surface area contributed by atoms with Crippen LogP contribution in [-0.2, 0) is 4.74 Å². The standard InChI is InChI=1S/C10H13ClFNO/c1-13-10(6-14-2)7-3-4-8(11)9(12)5-7/h3-5,10,13H,6H2,1-2H3. The smallest absolute Gasteiger partial charge is 0.142 e. The van der Waals surface area contributed by atoms with E-state index in [0.717, 1.165) is 5.56 Å². The Kier molecular flexibility index (Phi) is 4.32. The summed E-state index contributed by atoms with van der Waals surface area (Å²) in [5.41, 5.74) is 0.830. The summed E-state index contributed by atoms with van der Waals surface area (Å²) in [6.45, 7) is 0.498. The number of ether oxygens (including phenoxy) is 1. The Morgan fingerprint density at radius 1 is 1.57 bits per heavy atom. The fourth-order valence-corrected chi connectivity index (χ4v) is 1.36. The van der Waals surface area contributed by atoms with E-state index in [0.29, 0.717) is 6.61 Å². The van der Waals surface area contributed by atoms with Crippen molar-refractivity contribution in [1.82, 2.24) is 5.32 Å². The molecule has 0 aromatic heterocycles. The lowest BCUT2D eigenvalue weighted by Crippen LogP contribution is -2.21. The third-order valence-electron chi connectivity index (χ3n) is 2.03. The largest absolute Gasteiger partial charge is 0.383 e. The molecule has 4 heteroatoms. The number of methoxy groups -OCH3 is 1. The molecule has 0 bridgehead atoms. The van der Waals surface area contributed by atoms with Gasteiger partial charge in [-0.05, 0) is 24.7 Å². The summed E-state index contributed by atoms with van der Waals surface area (Å²) in [4.78, 5) is 0. The van der Waals surface area contributed by atoms with Gasteiger partial charge in [0.15, 0.2) is 0 Å². The lowest BCUT2D eigenvalue weighted by atomic mass is 10.1. The van der Waals surface area contributed by atoms with Crippen LogP contribution in [0.5, 0.6) is 0 Å². The first-order valence-corrected chi connectivity index (χ1v) is 4.68. The van der Waals surface area contributed by atoms with E-state index in [1.54, 1.807) is 26.3 Å². The van der Waals surface area contributed by atoms with Crippen LogP contribution in [0.3, 0.4) is 0 Å². The predicted molar refractivity (Wildman–Crippen MR) is 55.1 cm³/mol. The minimum absolute atomic E-state index is 0.00762. The van der Waals surface area contributed by atoms with Gasteiger partial charge in [-0.15, -0.1) is 0 Å². The quantitative estimate of drug-likeness (QED) is 0.836. The second kappa shape index (κ2) is 5.29. The molecule has 0 amide bonds. The summed E-state index contributed by atoms with van der Waals surface area (Å²) < 4.78 is 18.1. The van der Waals surface area contributed by atoms with Crippen molar-refractivity contribution in [1.29, 1.82) is 0 Å². The lowest BCUT2D eigenvalue weighted by molar-refractivity contribution is 0.170. The van der Waals surface area contributed by atoms with Gasteiger partial charge in [-0.2, -0.15) is 0 Å². The lowest BCUT2D eigenvalue weighted by Gasteiger charge is -2.15. The van der Waals surface area contributed by atoms with E-state index in [4.69, 9.17) is 16.3 Å². The zero-order valence-corrected chi connectivity index (χ0v) is 8.94. The van der Waals surface area contributed by atoms with Gasteiger partial charge in [-0.25, -0.2) is 4.39 Å². The van der Waals surface area contributed by atoms with Crippen molar-refractivity contribution in [3.05, 3.63) is 34.6 Å². The molecule has 1 rings (SSSR count). The Balaban J connectivity index is 2.88. The molecule has 0 saturated heterocycles.